The summed E-state index contributed by atoms with van der Waals surface area (Å²) in [5.41, 5.74) is 1.53. The number of benzene rings is 1. The minimum atomic E-state index is -0.0564. The first kappa shape index (κ1) is 14.4. The van der Waals surface area contributed by atoms with E-state index >= 15 is 0 Å². The fraction of sp³-hybridized carbons (Fsp3) is 0.438. The van der Waals surface area contributed by atoms with Crippen LogP contribution in [0, 0.1) is 5.92 Å². The molecule has 1 aromatic carbocycles. The molecule has 0 radical (unpaired) electrons. The van der Waals surface area contributed by atoms with Gasteiger partial charge < -0.3 is 14.8 Å². The van der Waals surface area contributed by atoms with E-state index in [1.54, 1.807) is 7.11 Å². The highest BCUT2D eigenvalue weighted by Crippen LogP contribution is 2.35. The predicted octanol–water partition coefficient (Wildman–Crippen LogP) is 2.63. The van der Waals surface area contributed by atoms with Gasteiger partial charge >= 0.3 is 0 Å². The molecule has 1 heterocycles. The maximum Gasteiger partial charge on any atom is 0.250 e. The average molecular weight is 275 g/mol. The average Bonchev–Trinajstić information content (AvgIpc) is 2.45. The molecule has 20 heavy (non-hydrogen) atoms. The number of carbonyl (C=O) groups excluding carboxylic acids is 1. The molecule has 1 N–H and O–H groups in total. The van der Waals surface area contributed by atoms with Crippen molar-refractivity contribution in [2.24, 2.45) is 5.92 Å². The zero-order chi connectivity index (χ0) is 14.5. The molecule has 0 atom stereocenters. The second-order valence-electron chi connectivity index (χ2n) is 5.28. The highest BCUT2D eigenvalue weighted by Gasteiger charge is 2.19. The van der Waals surface area contributed by atoms with Gasteiger partial charge in [0, 0.05) is 12.1 Å². The van der Waals surface area contributed by atoms with Crippen LogP contribution in [0.3, 0.4) is 0 Å². The molecular formula is C16H21NO3. The van der Waals surface area contributed by atoms with Crippen molar-refractivity contribution < 1.29 is 14.3 Å². The van der Waals surface area contributed by atoms with E-state index in [-0.39, 0.29) is 12.5 Å². The van der Waals surface area contributed by atoms with Gasteiger partial charge in [-0.05, 0) is 24.5 Å². The van der Waals surface area contributed by atoms with Crippen molar-refractivity contribution in [1.29, 1.82) is 0 Å². The van der Waals surface area contributed by atoms with E-state index in [4.69, 9.17) is 9.47 Å². The first-order valence-corrected chi connectivity index (χ1v) is 6.90. The van der Waals surface area contributed by atoms with Crippen molar-refractivity contribution in [2.45, 2.75) is 20.3 Å². The molecule has 0 spiro atoms. The quantitative estimate of drug-likeness (QED) is 0.898. The van der Waals surface area contributed by atoms with E-state index < -0.39 is 0 Å². The summed E-state index contributed by atoms with van der Waals surface area (Å²) in [5.74, 6) is 1.92. The van der Waals surface area contributed by atoms with Crippen LogP contribution in [0.5, 0.6) is 11.5 Å². The van der Waals surface area contributed by atoms with Crippen LogP contribution in [0.4, 0.5) is 0 Å². The first-order valence-electron chi connectivity index (χ1n) is 6.90. The Morgan fingerprint density at radius 2 is 2.25 bits per heavy atom. The summed E-state index contributed by atoms with van der Waals surface area (Å²) < 4.78 is 10.9. The highest BCUT2D eigenvalue weighted by atomic mass is 16.5. The summed E-state index contributed by atoms with van der Waals surface area (Å²) in [5, 5.41) is 2.92. The van der Waals surface area contributed by atoms with Gasteiger partial charge in [0.1, 0.15) is 6.61 Å². The zero-order valence-electron chi connectivity index (χ0n) is 12.2. The van der Waals surface area contributed by atoms with Gasteiger partial charge in [0.25, 0.3) is 5.91 Å². The third-order valence-corrected chi connectivity index (χ3v) is 3.23. The van der Waals surface area contributed by atoms with Crippen molar-refractivity contribution in [3.05, 3.63) is 29.3 Å². The Kier molecular flexibility index (Phi) is 4.66. The number of rotatable bonds is 5. The van der Waals surface area contributed by atoms with Gasteiger partial charge in [-0.1, -0.05) is 26.0 Å². The van der Waals surface area contributed by atoms with E-state index in [9.17, 15) is 4.79 Å². The lowest BCUT2D eigenvalue weighted by Crippen LogP contribution is -2.30. The summed E-state index contributed by atoms with van der Waals surface area (Å²) in [6.07, 6.45) is 2.84. The van der Waals surface area contributed by atoms with E-state index in [0.29, 0.717) is 29.5 Å². The lowest BCUT2D eigenvalue weighted by molar-refractivity contribution is -0.117. The monoisotopic (exact) mass is 275 g/mol. The smallest absolute Gasteiger partial charge is 0.250 e. The maximum absolute atomic E-state index is 12.1. The van der Waals surface area contributed by atoms with Crippen molar-refractivity contribution in [2.75, 3.05) is 20.3 Å². The summed E-state index contributed by atoms with van der Waals surface area (Å²) in [6, 6.07) is 5.65. The molecule has 0 aliphatic carbocycles. The molecule has 108 valence electrons. The van der Waals surface area contributed by atoms with E-state index in [1.165, 1.54) is 0 Å². The molecule has 1 aliphatic heterocycles. The lowest BCUT2D eigenvalue weighted by Gasteiger charge is -2.19. The summed E-state index contributed by atoms with van der Waals surface area (Å²) in [4.78, 5) is 12.1. The number of hydrogen-bond acceptors (Lipinski definition) is 3. The molecule has 0 bridgehead atoms. The molecule has 0 saturated heterocycles. The Morgan fingerprint density at radius 3 is 2.95 bits per heavy atom. The molecule has 1 aromatic rings. The Morgan fingerprint density at radius 1 is 1.45 bits per heavy atom. The van der Waals surface area contributed by atoms with Crippen LogP contribution in [0.2, 0.25) is 0 Å². The van der Waals surface area contributed by atoms with Crippen molar-refractivity contribution >= 4 is 12.0 Å². The van der Waals surface area contributed by atoms with Crippen LogP contribution in [-0.2, 0) is 4.79 Å². The van der Waals surface area contributed by atoms with Gasteiger partial charge in [0.2, 0.25) is 0 Å². The normalized spacial score (nSPS) is 13.3. The molecular weight excluding hydrogens is 254 g/mol. The van der Waals surface area contributed by atoms with Gasteiger partial charge in [0.15, 0.2) is 11.5 Å². The molecule has 0 aromatic heterocycles. The maximum atomic E-state index is 12.1. The Hall–Kier alpha value is -1.97. The molecule has 1 aliphatic rings. The number of nitrogens with one attached hydrogen (secondary N) is 1. The SMILES string of the molecule is COc1cccc2c1OCC(C(=O)NCCC(C)C)=C2. The largest absolute Gasteiger partial charge is 0.493 e. The van der Waals surface area contributed by atoms with Crippen LogP contribution in [0.1, 0.15) is 25.8 Å². The molecule has 1 amide bonds. The Balaban J connectivity index is 2.07. The molecule has 2 rings (SSSR count). The fourth-order valence-electron chi connectivity index (χ4n) is 2.06. The van der Waals surface area contributed by atoms with Crippen LogP contribution in [0.25, 0.3) is 6.08 Å². The molecule has 0 saturated carbocycles. The van der Waals surface area contributed by atoms with E-state index in [0.717, 1.165) is 12.0 Å². The van der Waals surface area contributed by atoms with Gasteiger partial charge in [-0.3, -0.25) is 4.79 Å². The van der Waals surface area contributed by atoms with Gasteiger partial charge in [-0.25, -0.2) is 0 Å². The number of hydrogen-bond donors (Lipinski definition) is 1. The van der Waals surface area contributed by atoms with Crippen LogP contribution in [0.15, 0.2) is 23.8 Å². The Bertz CT molecular complexity index is 520. The molecule has 4 heteroatoms. The summed E-state index contributed by atoms with van der Waals surface area (Å²) in [7, 11) is 1.61. The Labute approximate surface area is 119 Å². The van der Waals surface area contributed by atoms with Gasteiger partial charge in [-0.15, -0.1) is 0 Å². The molecule has 0 unspecified atom stereocenters. The van der Waals surface area contributed by atoms with Crippen molar-refractivity contribution in [3.8, 4) is 11.5 Å². The van der Waals surface area contributed by atoms with E-state index in [2.05, 4.69) is 19.2 Å². The number of carbonyl (C=O) groups is 1. The second kappa shape index (κ2) is 6.46. The van der Waals surface area contributed by atoms with E-state index in [1.807, 2.05) is 24.3 Å². The van der Waals surface area contributed by atoms with Crippen LogP contribution in [-0.4, -0.2) is 26.2 Å². The number of fused-ring (bicyclic) bond motifs is 1. The second-order valence-corrected chi connectivity index (χ2v) is 5.28. The first-order chi connectivity index (χ1) is 9.61. The third-order valence-electron chi connectivity index (χ3n) is 3.23. The topological polar surface area (TPSA) is 47.6 Å². The third kappa shape index (κ3) is 3.32. The van der Waals surface area contributed by atoms with Gasteiger partial charge in [0.05, 0.1) is 12.7 Å². The van der Waals surface area contributed by atoms with Crippen LogP contribution < -0.4 is 14.8 Å². The number of methoxy groups -OCH3 is 1. The number of ether oxygens (including phenoxy) is 2. The fourth-order valence-corrected chi connectivity index (χ4v) is 2.06. The minimum Gasteiger partial charge on any atom is -0.493 e. The predicted molar refractivity (Wildman–Crippen MR) is 78.9 cm³/mol. The van der Waals surface area contributed by atoms with Crippen molar-refractivity contribution in [3.63, 3.8) is 0 Å². The molecule has 0 fully saturated rings. The lowest BCUT2D eigenvalue weighted by atomic mass is 10.1. The molecule has 4 nitrogen and oxygen atoms in total. The van der Waals surface area contributed by atoms with Crippen molar-refractivity contribution in [1.82, 2.24) is 5.32 Å². The summed E-state index contributed by atoms with van der Waals surface area (Å²) >= 11 is 0. The van der Waals surface area contributed by atoms with Gasteiger partial charge in [-0.2, -0.15) is 0 Å². The van der Waals surface area contributed by atoms with Crippen LogP contribution >= 0.6 is 0 Å². The zero-order valence-corrected chi connectivity index (χ0v) is 12.2. The number of para-hydroxylation sites is 1. The highest BCUT2D eigenvalue weighted by molar-refractivity contribution is 5.99. The number of amides is 1. The minimum absolute atomic E-state index is 0.0564. The standard InChI is InChI=1S/C16H21NO3/c1-11(2)7-8-17-16(18)13-9-12-5-4-6-14(19-3)15(12)20-10-13/h4-6,9,11H,7-8,10H2,1-3H3,(H,17,18). The summed E-state index contributed by atoms with van der Waals surface area (Å²) in [6.45, 7) is 5.25.